The number of nitrogens with zero attached hydrogens (tertiary/aromatic N) is 5. The Kier molecular flexibility index (Phi) is 5.50. The molecule has 1 saturated heterocycles. The van der Waals surface area contributed by atoms with Crippen LogP contribution in [0.15, 0.2) is 64.4 Å². The molecule has 2 aromatic carbocycles. The Hall–Kier alpha value is -3.45. The number of benzene rings is 2. The summed E-state index contributed by atoms with van der Waals surface area (Å²) in [6.45, 7) is 6.63. The van der Waals surface area contributed by atoms with Crippen molar-refractivity contribution >= 4 is 23.0 Å². The molecule has 0 N–H and O–H groups in total. The number of aliphatic imine (C=N–C) groups is 1. The summed E-state index contributed by atoms with van der Waals surface area (Å²) in [5.74, 6) is 0.478. The lowest BCUT2D eigenvalue weighted by atomic mass is 10.0. The number of para-hydroxylation sites is 2. The van der Waals surface area contributed by atoms with E-state index in [0.29, 0.717) is 29.7 Å². The first-order chi connectivity index (χ1) is 16.0. The number of carbonyl (C=O) groups excluding carboxylic acids is 1. The molecule has 170 valence electrons. The van der Waals surface area contributed by atoms with E-state index in [1.807, 2.05) is 68.6 Å². The normalized spacial score (nSPS) is 20.0. The van der Waals surface area contributed by atoms with E-state index in [4.69, 9.17) is 4.99 Å². The Balaban J connectivity index is 1.56. The molecule has 3 aromatic rings. The van der Waals surface area contributed by atoms with Gasteiger partial charge in [0.15, 0.2) is 5.69 Å². The fourth-order valence-corrected chi connectivity index (χ4v) is 4.92. The van der Waals surface area contributed by atoms with Gasteiger partial charge in [-0.15, -0.1) is 0 Å². The van der Waals surface area contributed by atoms with Crippen LogP contribution in [-0.2, 0) is 11.8 Å². The molecule has 0 unspecified atom stereocenters. The zero-order valence-electron chi connectivity index (χ0n) is 19.4. The molecular weight excluding hydrogens is 414 g/mol. The summed E-state index contributed by atoms with van der Waals surface area (Å²) in [7, 11) is 1.83. The summed E-state index contributed by atoms with van der Waals surface area (Å²) in [6, 6.07) is 17.2. The number of anilines is 1. The average molecular weight is 444 g/mol. The Morgan fingerprint density at radius 2 is 1.76 bits per heavy atom. The highest BCUT2D eigenvalue weighted by Crippen LogP contribution is 2.32. The molecular formula is C26H29N5O2. The molecule has 3 heterocycles. The standard InChI is InChI=1S/C26H29N5O2/c1-18-10-9-15-29(16-18)17-30-22-14-8-7-13-21(22)24(25(30)32)27-23-19(2)28(3)31(26(23)33)20-11-5-4-6-12-20/h4-8,11-14,18H,9-10,15-17H2,1-3H3/t18-/m0/s1. The van der Waals surface area contributed by atoms with Gasteiger partial charge in [0.25, 0.3) is 11.5 Å². The molecule has 0 bridgehead atoms. The van der Waals surface area contributed by atoms with Crippen molar-refractivity contribution in [3.63, 3.8) is 0 Å². The number of amides is 1. The van der Waals surface area contributed by atoms with Crippen molar-refractivity contribution in [2.24, 2.45) is 18.0 Å². The molecule has 0 radical (unpaired) electrons. The first-order valence-corrected chi connectivity index (χ1v) is 11.5. The molecule has 2 aliphatic rings. The smallest absolute Gasteiger partial charge is 0.293 e. The first-order valence-electron chi connectivity index (χ1n) is 11.5. The van der Waals surface area contributed by atoms with Crippen molar-refractivity contribution in [2.45, 2.75) is 26.7 Å². The summed E-state index contributed by atoms with van der Waals surface area (Å²) < 4.78 is 3.38. The van der Waals surface area contributed by atoms with Gasteiger partial charge < -0.3 is 0 Å². The van der Waals surface area contributed by atoms with Crippen molar-refractivity contribution < 1.29 is 4.79 Å². The monoisotopic (exact) mass is 443 g/mol. The molecule has 1 amide bonds. The summed E-state index contributed by atoms with van der Waals surface area (Å²) in [5, 5.41) is 0. The van der Waals surface area contributed by atoms with Gasteiger partial charge in [0.2, 0.25) is 0 Å². The number of likely N-dealkylation sites (tertiary alicyclic amines) is 1. The van der Waals surface area contributed by atoms with E-state index in [0.717, 1.165) is 36.4 Å². The highest BCUT2D eigenvalue weighted by Gasteiger charge is 2.36. The van der Waals surface area contributed by atoms with Gasteiger partial charge in [0, 0.05) is 19.2 Å². The predicted octanol–water partition coefficient (Wildman–Crippen LogP) is 3.64. The number of hydrogen-bond donors (Lipinski definition) is 0. The zero-order chi connectivity index (χ0) is 23.1. The van der Waals surface area contributed by atoms with Gasteiger partial charge >= 0.3 is 0 Å². The van der Waals surface area contributed by atoms with Gasteiger partial charge in [0.05, 0.1) is 23.7 Å². The van der Waals surface area contributed by atoms with Gasteiger partial charge in [-0.3, -0.25) is 24.1 Å². The average Bonchev–Trinajstić information content (AvgIpc) is 3.20. The number of aromatic nitrogens is 2. The van der Waals surface area contributed by atoms with Crippen molar-refractivity contribution in [3.05, 3.63) is 76.2 Å². The van der Waals surface area contributed by atoms with E-state index >= 15 is 0 Å². The minimum atomic E-state index is -0.234. The van der Waals surface area contributed by atoms with E-state index < -0.39 is 0 Å². The number of rotatable bonds is 4. The van der Waals surface area contributed by atoms with Crippen LogP contribution in [0.5, 0.6) is 0 Å². The highest BCUT2D eigenvalue weighted by molar-refractivity contribution is 6.54. The third-order valence-electron chi connectivity index (χ3n) is 6.73. The van der Waals surface area contributed by atoms with E-state index in [2.05, 4.69) is 11.8 Å². The maximum Gasteiger partial charge on any atom is 0.297 e. The second-order valence-electron chi connectivity index (χ2n) is 9.09. The lowest BCUT2D eigenvalue weighted by molar-refractivity contribution is -0.112. The summed E-state index contributed by atoms with van der Waals surface area (Å²) in [6.07, 6.45) is 2.38. The molecule has 0 spiro atoms. The van der Waals surface area contributed by atoms with E-state index in [-0.39, 0.29) is 11.5 Å². The summed E-state index contributed by atoms with van der Waals surface area (Å²) in [4.78, 5) is 35.8. The predicted molar refractivity (Wildman–Crippen MR) is 131 cm³/mol. The minimum Gasteiger partial charge on any atom is -0.293 e. The third-order valence-corrected chi connectivity index (χ3v) is 6.73. The molecule has 5 rings (SSSR count). The van der Waals surface area contributed by atoms with Crippen LogP contribution >= 0.6 is 0 Å². The maximum atomic E-state index is 13.6. The van der Waals surface area contributed by atoms with Crippen LogP contribution in [0.3, 0.4) is 0 Å². The Bertz CT molecular complexity index is 1290. The SMILES string of the molecule is Cc1c(N=C2C(=O)N(CN3CCC[C@H](C)C3)c3ccccc32)c(=O)n(-c2ccccc2)n1C. The van der Waals surface area contributed by atoms with Crippen LogP contribution in [0.25, 0.3) is 5.69 Å². The van der Waals surface area contributed by atoms with Gasteiger partial charge in [-0.2, -0.15) is 0 Å². The molecule has 0 saturated carbocycles. The topological polar surface area (TPSA) is 62.8 Å². The lowest BCUT2D eigenvalue weighted by Gasteiger charge is -2.33. The highest BCUT2D eigenvalue weighted by atomic mass is 16.2. The van der Waals surface area contributed by atoms with E-state index in [1.54, 1.807) is 14.3 Å². The maximum absolute atomic E-state index is 13.6. The first kappa shape index (κ1) is 21.4. The number of carbonyl (C=O) groups is 1. The van der Waals surface area contributed by atoms with E-state index in [9.17, 15) is 9.59 Å². The molecule has 2 aliphatic heterocycles. The Morgan fingerprint density at radius 3 is 2.52 bits per heavy atom. The second kappa shape index (κ2) is 8.48. The number of hydrogen-bond acceptors (Lipinski definition) is 4. The van der Waals surface area contributed by atoms with Crippen molar-refractivity contribution in [3.8, 4) is 5.69 Å². The van der Waals surface area contributed by atoms with Crippen LogP contribution in [0.1, 0.15) is 31.0 Å². The van der Waals surface area contributed by atoms with Crippen LogP contribution < -0.4 is 10.5 Å². The van der Waals surface area contributed by atoms with Crippen LogP contribution in [0.4, 0.5) is 11.4 Å². The largest absolute Gasteiger partial charge is 0.297 e. The van der Waals surface area contributed by atoms with Crippen molar-refractivity contribution in [1.82, 2.24) is 14.3 Å². The summed E-state index contributed by atoms with van der Waals surface area (Å²) >= 11 is 0. The van der Waals surface area contributed by atoms with Gasteiger partial charge in [-0.1, -0.05) is 43.3 Å². The molecule has 7 nitrogen and oxygen atoms in total. The number of fused-ring (bicyclic) bond motifs is 1. The zero-order valence-corrected chi connectivity index (χ0v) is 19.4. The fraction of sp³-hybridized carbons (Fsp3) is 0.346. The van der Waals surface area contributed by atoms with Gasteiger partial charge in [0.1, 0.15) is 5.71 Å². The molecule has 0 aliphatic carbocycles. The van der Waals surface area contributed by atoms with Crippen molar-refractivity contribution in [2.75, 3.05) is 24.7 Å². The molecule has 1 atom stereocenters. The van der Waals surface area contributed by atoms with Crippen LogP contribution in [0, 0.1) is 12.8 Å². The Labute approximate surface area is 193 Å². The fourth-order valence-electron chi connectivity index (χ4n) is 4.92. The lowest BCUT2D eigenvalue weighted by Crippen LogP contribution is -2.45. The van der Waals surface area contributed by atoms with Crippen LogP contribution in [-0.4, -0.2) is 45.6 Å². The minimum absolute atomic E-state index is 0.150. The van der Waals surface area contributed by atoms with Gasteiger partial charge in [-0.25, -0.2) is 9.67 Å². The molecule has 1 aromatic heterocycles. The van der Waals surface area contributed by atoms with E-state index in [1.165, 1.54) is 6.42 Å². The van der Waals surface area contributed by atoms with Gasteiger partial charge in [-0.05, 0) is 50.4 Å². The quantitative estimate of drug-likeness (QED) is 0.619. The molecule has 7 heteroatoms. The third kappa shape index (κ3) is 3.72. The summed E-state index contributed by atoms with van der Waals surface area (Å²) in [5.41, 5.74) is 3.51. The molecule has 33 heavy (non-hydrogen) atoms. The number of piperidine rings is 1. The van der Waals surface area contributed by atoms with Crippen molar-refractivity contribution in [1.29, 1.82) is 0 Å². The van der Waals surface area contributed by atoms with Crippen LogP contribution in [0.2, 0.25) is 0 Å². The second-order valence-corrected chi connectivity index (χ2v) is 9.09. The molecule has 1 fully saturated rings. The Morgan fingerprint density at radius 1 is 1.03 bits per heavy atom.